The fourth-order valence-corrected chi connectivity index (χ4v) is 6.28. The summed E-state index contributed by atoms with van der Waals surface area (Å²) < 4.78 is 0. The topological polar surface area (TPSA) is 0 Å². The third kappa shape index (κ3) is 1.78. The standard InChI is InChI=1S/C23H26/c1-2-10-17(9-1)23(18-11-3-4-12-18)21-15-7-5-13-19(21)20-14-6-8-16-22(20)23/h5-8,13-18H,1-4,9-12H2. The summed E-state index contributed by atoms with van der Waals surface area (Å²) in [5.41, 5.74) is 6.71. The highest BCUT2D eigenvalue weighted by Crippen LogP contribution is 2.62. The SMILES string of the molecule is c1ccc2c(c1)-c1ccccc1C2(C1CCCC1)C1CCCC1. The van der Waals surface area contributed by atoms with Gasteiger partial charge in [-0.1, -0.05) is 74.2 Å². The predicted molar refractivity (Wildman–Crippen MR) is 96.6 cm³/mol. The zero-order valence-electron chi connectivity index (χ0n) is 13.9. The summed E-state index contributed by atoms with van der Waals surface area (Å²) in [6.45, 7) is 0. The molecule has 0 radical (unpaired) electrons. The predicted octanol–water partition coefficient (Wildman–Crippen LogP) is 6.33. The Morgan fingerprint density at radius 1 is 0.565 bits per heavy atom. The van der Waals surface area contributed by atoms with E-state index in [0.717, 1.165) is 11.8 Å². The molecule has 0 saturated heterocycles. The zero-order valence-corrected chi connectivity index (χ0v) is 13.9. The van der Waals surface area contributed by atoms with E-state index < -0.39 is 0 Å². The van der Waals surface area contributed by atoms with Crippen LogP contribution in [0.4, 0.5) is 0 Å². The highest BCUT2D eigenvalue weighted by atomic mass is 14.6. The number of rotatable bonds is 2. The molecule has 0 heterocycles. The van der Waals surface area contributed by atoms with Crippen molar-refractivity contribution in [2.45, 2.75) is 56.8 Å². The van der Waals surface area contributed by atoms with Crippen LogP contribution in [0.1, 0.15) is 62.5 Å². The van der Waals surface area contributed by atoms with Gasteiger partial charge in [0.15, 0.2) is 0 Å². The van der Waals surface area contributed by atoms with Crippen LogP contribution in [0.2, 0.25) is 0 Å². The van der Waals surface area contributed by atoms with Crippen molar-refractivity contribution in [1.29, 1.82) is 0 Å². The van der Waals surface area contributed by atoms with Gasteiger partial charge in [-0.05, 0) is 59.8 Å². The van der Waals surface area contributed by atoms with E-state index in [4.69, 9.17) is 0 Å². The number of fused-ring (bicyclic) bond motifs is 3. The Kier molecular flexibility index (Phi) is 3.15. The minimum atomic E-state index is 0.320. The fraction of sp³-hybridized carbons (Fsp3) is 0.478. The molecule has 2 aromatic rings. The Hall–Kier alpha value is -1.56. The van der Waals surface area contributed by atoms with E-state index >= 15 is 0 Å². The summed E-state index contributed by atoms with van der Waals surface area (Å²) in [5.74, 6) is 1.71. The maximum atomic E-state index is 2.46. The molecule has 0 aromatic heterocycles. The lowest BCUT2D eigenvalue weighted by Gasteiger charge is -2.43. The van der Waals surface area contributed by atoms with E-state index in [1.165, 1.54) is 62.5 Å². The molecule has 0 N–H and O–H groups in total. The summed E-state index contributed by atoms with van der Waals surface area (Å²) >= 11 is 0. The van der Waals surface area contributed by atoms with Crippen molar-refractivity contribution in [1.82, 2.24) is 0 Å². The Morgan fingerprint density at radius 3 is 1.39 bits per heavy atom. The van der Waals surface area contributed by atoms with E-state index in [1.54, 1.807) is 11.1 Å². The lowest BCUT2D eigenvalue weighted by molar-refractivity contribution is 0.223. The largest absolute Gasteiger partial charge is 0.0619 e. The number of hydrogen-bond acceptors (Lipinski definition) is 0. The average Bonchev–Trinajstić information content (AvgIpc) is 3.34. The van der Waals surface area contributed by atoms with Gasteiger partial charge >= 0.3 is 0 Å². The van der Waals surface area contributed by atoms with Gasteiger partial charge in [0.05, 0.1) is 0 Å². The monoisotopic (exact) mass is 302 g/mol. The second-order valence-corrected chi connectivity index (χ2v) is 7.92. The summed E-state index contributed by atoms with van der Waals surface area (Å²) in [7, 11) is 0. The molecular weight excluding hydrogens is 276 g/mol. The second kappa shape index (κ2) is 5.23. The lowest BCUT2D eigenvalue weighted by atomic mass is 9.59. The van der Waals surface area contributed by atoms with Crippen molar-refractivity contribution >= 4 is 0 Å². The minimum absolute atomic E-state index is 0.320. The van der Waals surface area contributed by atoms with Crippen LogP contribution < -0.4 is 0 Å². The van der Waals surface area contributed by atoms with Crippen LogP contribution in [0.15, 0.2) is 48.5 Å². The van der Waals surface area contributed by atoms with E-state index in [1.807, 2.05) is 0 Å². The summed E-state index contributed by atoms with van der Waals surface area (Å²) in [6, 6.07) is 18.7. The molecule has 3 aliphatic rings. The molecule has 0 nitrogen and oxygen atoms in total. The van der Waals surface area contributed by atoms with E-state index in [2.05, 4.69) is 48.5 Å². The Labute approximate surface area is 139 Å². The molecule has 0 spiro atoms. The van der Waals surface area contributed by atoms with Gasteiger partial charge in [0, 0.05) is 5.41 Å². The van der Waals surface area contributed by atoms with Crippen molar-refractivity contribution in [3.05, 3.63) is 59.7 Å². The number of benzene rings is 2. The molecule has 2 saturated carbocycles. The molecule has 3 aliphatic carbocycles. The molecule has 0 unspecified atom stereocenters. The maximum Gasteiger partial charge on any atom is 0.0271 e. The molecule has 118 valence electrons. The first-order chi connectivity index (χ1) is 11.4. The van der Waals surface area contributed by atoms with Crippen LogP contribution in [-0.2, 0) is 5.41 Å². The van der Waals surface area contributed by atoms with Crippen LogP contribution in [0.3, 0.4) is 0 Å². The molecule has 0 aliphatic heterocycles. The molecule has 5 rings (SSSR count). The third-order valence-corrected chi connectivity index (χ3v) is 7.03. The molecule has 0 bridgehead atoms. The molecular formula is C23H26. The summed E-state index contributed by atoms with van der Waals surface area (Å²) in [4.78, 5) is 0. The first kappa shape index (κ1) is 13.8. The Morgan fingerprint density at radius 2 is 0.957 bits per heavy atom. The van der Waals surface area contributed by atoms with E-state index in [-0.39, 0.29) is 0 Å². The molecule has 2 aromatic carbocycles. The van der Waals surface area contributed by atoms with Crippen LogP contribution in [0.25, 0.3) is 11.1 Å². The lowest BCUT2D eigenvalue weighted by Crippen LogP contribution is -2.40. The number of hydrogen-bond donors (Lipinski definition) is 0. The van der Waals surface area contributed by atoms with Crippen LogP contribution in [0.5, 0.6) is 0 Å². The highest BCUT2D eigenvalue weighted by molar-refractivity contribution is 5.81. The van der Waals surface area contributed by atoms with Crippen LogP contribution >= 0.6 is 0 Å². The molecule has 23 heavy (non-hydrogen) atoms. The van der Waals surface area contributed by atoms with Crippen LogP contribution in [-0.4, -0.2) is 0 Å². The van der Waals surface area contributed by atoms with Crippen LogP contribution in [0, 0.1) is 11.8 Å². The van der Waals surface area contributed by atoms with Crippen molar-refractivity contribution in [2.24, 2.45) is 11.8 Å². The van der Waals surface area contributed by atoms with Crippen molar-refractivity contribution in [2.75, 3.05) is 0 Å². The van der Waals surface area contributed by atoms with E-state index in [0.29, 0.717) is 5.41 Å². The van der Waals surface area contributed by atoms with Gasteiger partial charge < -0.3 is 0 Å². The van der Waals surface area contributed by atoms with Gasteiger partial charge in [0.1, 0.15) is 0 Å². The fourth-order valence-electron chi connectivity index (χ4n) is 6.28. The van der Waals surface area contributed by atoms with Gasteiger partial charge in [-0.3, -0.25) is 0 Å². The normalized spacial score (nSPS) is 23.1. The highest BCUT2D eigenvalue weighted by Gasteiger charge is 2.53. The zero-order chi connectivity index (χ0) is 15.3. The molecule has 2 fully saturated rings. The van der Waals surface area contributed by atoms with Gasteiger partial charge in [0.2, 0.25) is 0 Å². The van der Waals surface area contributed by atoms with Crippen molar-refractivity contribution in [3.8, 4) is 11.1 Å². The summed E-state index contributed by atoms with van der Waals surface area (Å²) in [5, 5.41) is 0. The Bertz CT molecular complexity index is 651. The second-order valence-electron chi connectivity index (χ2n) is 7.92. The van der Waals surface area contributed by atoms with E-state index in [9.17, 15) is 0 Å². The minimum Gasteiger partial charge on any atom is -0.0619 e. The van der Waals surface area contributed by atoms with Crippen molar-refractivity contribution < 1.29 is 0 Å². The maximum absolute atomic E-state index is 2.46. The first-order valence-corrected chi connectivity index (χ1v) is 9.62. The molecule has 0 heteroatoms. The third-order valence-electron chi connectivity index (χ3n) is 7.03. The molecule has 0 amide bonds. The van der Waals surface area contributed by atoms with Gasteiger partial charge in [-0.15, -0.1) is 0 Å². The quantitative estimate of drug-likeness (QED) is 0.607. The van der Waals surface area contributed by atoms with Gasteiger partial charge in [-0.2, -0.15) is 0 Å². The van der Waals surface area contributed by atoms with Crippen molar-refractivity contribution in [3.63, 3.8) is 0 Å². The average molecular weight is 302 g/mol. The Balaban J connectivity index is 1.82. The molecule has 0 atom stereocenters. The van der Waals surface area contributed by atoms with Gasteiger partial charge in [-0.25, -0.2) is 0 Å². The first-order valence-electron chi connectivity index (χ1n) is 9.62. The van der Waals surface area contributed by atoms with Gasteiger partial charge in [0.25, 0.3) is 0 Å². The smallest absolute Gasteiger partial charge is 0.0271 e. The summed E-state index contributed by atoms with van der Waals surface area (Å²) in [6.07, 6.45) is 11.5.